The van der Waals surface area contributed by atoms with Gasteiger partial charge in [-0.05, 0) is 55.7 Å². The van der Waals surface area contributed by atoms with Gasteiger partial charge in [0.1, 0.15) is 6.17 Å². The van der Waals surface area contributed by atoms with Gasteiger partial charge in [-0.3, -0.25) is 14.2 Å². The Morgan fingerprint density at radius 3 is 2.55 bits per heavy atom. The molecule has 2 aliphatic heterocycles. The fraction of sp³-hybridized carbons (Fsp3) is 0.300. The number of aromatic amines is 1. The number of hydrogen-bond donors (Lipinski definition) is 2. The topological polar surface area (TPSA) is 90.4 Å². The quantitative estimate of drug-likeness (QED) is 0.391. The molecule has 194 valence electrons. The third-order valence-corrected chi connectivity index (χ3v) is 7.68. The Kier molecular flexibility index (Phi) is 6.23. The molecule has 0 bridgehead atoms. The Hall–Kier alpha value is -4.33. The smallest absolute Gasteiger partial charge is 0.326 e. The largest absolute Gasteiger partial charge is 0.361 e. The molecule has 1 aromatic heterocycles. The SMILES string of the molecule is CCCN1C(=O)c2ccccc2C1Nc1cccc(C(=O)N2CCC(n3c(=O)[nH]c4ccccc43)CC2)c1. The van der Waals surface area contributed by atoms with E-state index in [1.54, 1.807) is 0 Å². The second-order valence-electron chi connectivity index (χ2n) is 10.1. The molecule has 0 spiro atoms. The molecule has 1 saturated heterocycles. The first-order valence-electron chi connectivity index (χ1n) is 13.3. The molecule has 2 aliphatic rings. The predicted octanol–water partition coefficient (Wildman–Crippen LogP) is 4.78. The lowest BCUT2D eigenvalue weighted by molar-refractivity contribution is 0.0693. The molecule has 0 radical (unpaired) electrons. The van der Waals surface area contributed by atoms with Crippen molar-refractivity contribution in [1.29, 1.82) is 0 Å². The van der Waals surface area contributed by atoms with Gasteiger partial charge >= 0.3 is 5.69 Å². The molecule has 0 aliphatic carbocycles. The Labute approximate surface area is 220 Å². The summed E-state index contributed by atoms with van der Waals surface area (Å²) in [4.78, 5) is 45.7. The number of aromatic nitrogens is 2. The lowest BCUT2D eigenvalue weighted by Crippen LogP contribution is -2.40. The van der Waals surface area contributed by atoms with E-state index in [2.05, 4.69) is 17.2 Å². The van der Waals surface area contributed by atoms with Crippen molar-refractivity contribution in [3.8, 4) is 0 Å². The number of likely N-dealkylation sites (tertiary alicyclic amines) is 1. The average molecular weight is 510 g/mol. The highest BCUT2D eigenvalue weighted by molar-refractivity contribution is 5.99. The zero-order valence-corrected chi connectivity index (χ0v) is 21.4. The Balaban J connectivity index is 1.17. The number of nitrogens with zero attached hydrogens (tertiary/aromatic N) is 3. The molecule has 1 fully saturated rings. The summed E-state index contributed by atoms with van der Waals surface area (Å²) >= 11 is 0. The van der Waals surface area contributed by atoms with Gasteiger partial charge in [0.05, 0.1) is 11.0 Å². The normalized spacial score (nSPS) is 17.7. The van der Waals surface area contributed by atoms with Gasteiger partial charge in [0, 0.05) is 48.1 Å². The van der Waals surface area contributed by atoms with Crippen LogP contribution in [0.25, 0.3) is 11.0 Å². The van der Waals surface area contributed by atoms with Crippen molar-refractivity contribution >= 4 is 28.5 Å². The van der Waals surface area contributed by atoms with Crippen LogP contribution in [0, 0.1) is 0 Å². The molecular weight excluding hydrogens is 478 g/mol. The van der Waals surface area contributed by atoms with Gasteiger partial charge in [0.15, 0.2) is 0 Å². The zero-order chi connectivity index (χ0) is 26.2. The number of para-hydroxylation sites is 2. The molecule has 4 aromatic rings. The molecule has 2 N–H and O–H groups in total. The van der Waals surface area contributed by atoms with Crippen LogP contribution in [0.3, 0.4) is 0 Å². The first-order chi connectivity index (χ1) is 18.5. The van der Waals surface area contributed by atoms with Gasteiger partial charge in [-0.15, -0.1) is 0 Å². The van der Waals surface area contributed by atoms with Gasteiger partial charge in [-0.1, -0.05) is 43.3 Å². The van der Waals surface area contributed by atoms with Crippen LogP contribution in [0.5, 0.6) is 0 Å². The molecule has 8 nitrogen and oxygen atoms in total. The molecule has 38 heavy (non-hydrogen) atoms. The lowest BCUT2D eigenvalue weighted by atomic mass is 10.0. The molecule has 3 aromatic carbocycles. The van der Waals surface area contributed by atoms with E-state index in [0.717, 1.165) is 47.1 Å². The number of amides is 2. The summed E-state index contributed by atoms with van der Waals surface area (Å²) in [6.45, 7) is 3.88. The maximum Gasteiger partial charge on any atom is 0.326 e. The minimum Gasteiger partial charge on any atom is -0.361 e. The number of nitrogens with one attached hydrogen (secondary N) is 2. The van der Waals surface area contributed by atoms with Crippen LogP contribution in [-0.2, 0) is 0 Å². The highest BCUT2D eigenvalue weighted by atomic mass is 16.2. The van der Waals surface area contributed by atoms with Crippen LogP contribution in [-0.4, -0.2) is 50.8 Å². The van der Waals surface area contributed by atoms with Crippen molar-refractivity contribution in [1.82, 2.24) is 19.4 Å². The second-order valence-corrected chi connectivity index (χ2v) is 10.1. The molecular formula is C30H31N5O3. The predicted molar refractivity (Wildman–Crippen MR) is 147 cm³/mol. The third kappa shape index (κ3) is 4.16. The molecule has 1 unspecified atom stereocenters. The van der Waals surface area contributed by atoms with Gasteiger partial charge in [-0.2, -0.15) is 0 Å². The number of anilines is 1. The van der Waals surface area contributed by atoms with Crippen molar-refractivity contribution in [2.45, 2.75) is 38.4 Å². The summed E-state index contributed by atoms with van der Waals surface area (Å²) < 4.78 is 1.84. The van der Waals surface area contributed by atoms with E-state index in [0.29, 0.717) is 25.2 Å². The van der Waals surface area contributed by atoms with Crippen LogP contribution in [0.1, 0.15) is 64.7 Å². The van der Waals surface area contributed by atoms with Crippen LogP contribution in [0.2, 0.25) is 0 Å². The Bertz CT molecular complexity index is 1560. The standard InChI is InChI=1S/C30H31N5O3/c1-2-16-34-27(23-10-3-4-11-24(23)29(34)37)31-21-9-7-8-20(19-21)28(36)33-17-14-22(15-18-33)35-26-13-6-5-12-25(26)32-30(35)38/h3-13,19,22,27,31H,2,14-18H2,1H3,(H,32,38). The Morgan fingerprint density at radius 2 is 1.74 bits per heavy atom. The van der Waals surface area contributed by atoms with Gasteiger partial charge < -0.3 is 20.1 Å². The number of H-pyrrole nitrogens is 1. The molecule has 0 saturated carbocycles. The maximum absolute atomic E-state index is 13.4. The van der Waals surface area contributed by atoms with Crippen molar-refractivity contribution < 1.29 is 9.59 Å². The lowest BCUT2D eigenvalue weighted by Gasteiger charge is -2.33. The van der Waals surface area contributed by atoms with E-state index in [-0.39, 0.29) is 29.7 Å². The molecule has 8 heteroatoms. The summed E-state index contributed by atoms with van der Waals surface area (Å²) in [6.07, 6.45) is 2.03. The Morgan fingerprint density at radius 1 is 0.974 bits per heavy atom. The van der Waals surface area contributed by atoms with Crippen molar-refractivity contribution in [3.63, 3.8) is 0 Å². The summed E-state index contributed by atoms with van der Waals surface area (Å²) in [7, 11) is 0. The molecule has 3 heterocycles. The average Bonchev–Trinajstić information content (AvgIpc) is 3.42. The number of carbonyl (C=O) groups is 2. The fourth-order valence-electron chi connectivity index (χ4n) is 5.84. The second kappa shape index (κ2) is 9.85. The highest BCUT2D eigenvalue weighted by Crippen LogP contribution is 2.35. The van der Waals surface area contributed by atoms with Gasteiger partial charge in [0.2, 0.25) is 0 Å². The number of fused-ring (bicyclic) bond motifs is 2. The molecule has 1 atom stereocenters. The van der Waals surface area contributed by atoms with Crippen LogP contribution < -0.4 is 11.0 Å². The van der Waals surface area contributed by atoms with Crippen molar-refractivity contribution in [3.05, 3.63) is 100.0 Å². The van der Waals surface area contributed by atoms with E-state index in [1.165, 1.54) is 0 Å². The van der Waals surface area contributed by atoms with E-state index in [1.807, 2.05) is 87.2 Å². The van der Waals surface area contributed by atoms with Crippen molar-refractivity contribution in [2.75, 3.05) is 25.0 Å². The van der Waals surface area contributed by atoms with Crippen LogP contribution in [0.4, 0.5) is 5.69 Å². The first-order valence-corrected chi connectivity index (χ1v) is 13.3. The fourth-order valence-corrected chi connectivity index (χ4v) is 5.84. The maximum atomic E-state index is 13.4. The van der Waals surface area contributed by atoms with E-state index < -0.39 is 0 Å². The number of carbonyl (C=O) groups excluding carboxylic acids is 2. The summed E-state index contributed by atoms with van der Waals surface area (Å²) in [5, 5.41) is 3.50. The van der Waals surface area contributed by atoms with Crippen LogP contribution >= 0.6 is 0 Å². The molecule has 2 amide bonds. The number of rotatable bonds is 6. The number of hydrogen-bond acceptors (Lipinski definition) is 4. The first kappa shape index (κ1) is 24.0. The number of imidazole rings is 1. The van der Waals surface area contributed by atoms with Crippen LogP contribution in [0.15, 0.2) is 77.6 Å². The minimum atomic E-state index is -0.269. The number of benzene rings is 3. The van der Waals surface area contributed by atoms with E-state index >= 15 is 0 Å². The third-order valence-electron chi connectivity index (χ3n) is 7.68. The summed E-state index contributed by atoms with van der Waals surface area (Å²) in [5.74, 6) is 0.0102. The van der Waals surface area contributed by atoms with Gasteiger partial charge in [0.25, 0.3) is 11.8 Å². The highest BCUT2D eigenvalue weighted by Gasteiger charge is 2.36. The van der Waals surface area contributed by atoms with E-state index in [4.69, 9.17) is 0 Å². The van der Waals surface area contributed by atoms with Gasteiger partial charge in [-0.25, -0.2) is 4.79 Å². The van der Waals surface area contributed by atoms with E-state index in [9.17, 15) is 14.4 Å². The summed E-state index contributed by atoms with van der Waals surface area (Å²) in [6, 6.07) is 23.0. The monoisotopic (exact) mass is 509 g/mol. The van der Waals surface area contributed by atoms with Crippen molar-refractivity contribution in [2.24, 2.45) is 0 Å². The summed E-state index contributed by atoms with van der Waals surface area (Å²) in [5.41, 5.74) is 4.73. The zero-order valence-electron chi connectivity index (χ0n) is 21.4. The number of piperidine rings is 1. The molecule has 6 rings (SSSR count). The minimum absolute atomic E-state index is 0.0216.